The Balaban J connectivity index is 2.08. The normalized spacial score (nSPS) is 21.2. The minimum Gasteiger partial charge on any atom is -0.392 e. The fourth-order valence-corrected chi connectivity index (χ4v) is 2.90. The van der Waals surface area contributed by atoms with Crippen LogP contribution in [-0.4, -0.2) is 70.8 Å². The van der Waals surface area contributed by atoms with Crippen LogP contribution in [0.15, 0.2) is 6.20 Å². The van der Waals surface area contributed by atoms with E-state index >= 15 is 0 Å². The van der Waals surface area contributed by atoms with Gasteiger partial charge in [-0.3, -0.25) is 9.89 Å². The summed E-state index contributed by atoms with van der Waals surface area (Å²) in [5.41, 5.74) is 1.60. The number of rotatable bonds is 5. The number of hydrogen-bond acceptors (Lipinski definition) is 4. The summed E-state index contributed by atoms with van der Waals surface area (Å²) in [6.07, 6.45) is 4.26. The molecule has 6 nitrogen and oxygen atoms in total. The van der Waals surface area contributed by atoms with Crippen LogP contribution in [0.2, 0.25) is 0 Å². The van der Waals surface area contributed by atoms with E-state index in [0.29, 0.717) is 12.1 Å². The van der Waals surface area contributed by atoms with Crippen molar-refractivity contribution in [2.75, 3.05) is 33.7 Å². The van der Waals surface area contributed by atoms with E-state index in [4.69, 9.17) is 0 Å². The number of aromatic amines is 1. The van der Waals surface area contributed by atoms with Crippen LogP contribution in [0.5, 0.6) is 0 Å². The molecule has 1 aliphatic heterocycles. The average Bonchev–Trinajstić information content (AvgIpc) is 2.95. The number of β-amino-alcohol motifs (C(OH)–C–C–N with tert-alkyl or cyclic N) is 1. The third-order valence-electron chi connectivity index (χ3n) is 4.16. The monoisotopic (exact) mass is 294 g/mol. The van der Waals surface area contributed by atoms with Gasteiger partial charge in [0.1, 0.15) is 0 Å². The van der Waals surface area contributed by atoms with E-state index in [0.717, 1.165) is 38.0 Å². The first kappa shape index (κ1) is 16.0. The maximum atomic E-state index is 12.2. The maximum Gasteiger partial charge on any atom is 0.256 e. The topological polar surface area (TPSA) is 72.5 Å². The second kappa shape index (κ2) is 7.04. The number of likely N-dealkylation sites (tertiary alicyclic amines) is 1. The van der Waals surface area contributed by atoms with E-state index in [1.165, 1.54) is 0 Å². The lowest BCUT2D eigenvalue weighted by Crippen LogP contribution is -2.39. The number of nitrogens with one attached hydrogen (secondary N) is 1. The van der Waals surface area contributed by atoms with Gasteiger partial charge >= 0.3 is 0 Å². The summed E-state index contributed by atoms with van der Waals surface area (Å²) in [5, 5.41) is 16.9. The summed E-state index contributed by atoms with van der Waals surface area (Å²) in [7, 11) is 3.51. The first-order valence-electron chi connectivity index (χ1n) is 7.68. The first-order chi connectivity index (χ1) is 10.0. The van der Waals surface area contributed by atoms with Gasteiger partial charge in [-0.1, -0.05) is 6.92 Å². The molecule has 0 spiro atoms. The summed E-state index contributed by atoms with van der Waals surface area (Å²) < 4.78 is 0. The summed E-state index contributed by atoms with van der Waals surface area (Å²) in [5.74, 6) is 0.272. The number of aliphatic hydroxyl groups excluding tert-OH is 1. The summed E-state index contributed by atoms with van der Waals surface area (Å²) in [6, 6.07) is 0. The Morgan fingerprint density at radius 3 is 3.05 bits per heavy atom. The van der Waals surface area contributed by atoms with Crippen molar-refractivity contribution in [1.29, 1.82) is 0 Å². The quantitative estimate of drug-likeness (QED) is 0.852. The van der Waals surface area contributed by atoms with Crippen LogP contribution < -0.4 is 0 Å². The Morgan fingerprint density at radius 1 is 1.62 bits per heavy atom. The Kier molecular flexibility index (Phi) is 5.36. The molecule has 1 saturated heterocycles. The first-order valence-corrected chi connectivity index (χ1v) is 7.68. The Hall–Kier alpha value is -1.40. The van der Waals surface area contributed by atoms with Gasteiger partial charge in [0.25, 0.3) is 5.91 Å². The predicted molar refractivity (Wildman–Crippen MR) is 81.3 cm³/mol. The molecule has 0 unspecified atom stereocenters. The number of aromatic nitrogens is 2. The van der Waals surface area contributed by atoms with Crippen LogP contribution >= 0.6 is 0 Å². The molecule has 6 heteroatoms. The molecule has 118 valence electrons. The van der Waals surface area contributed by atoms with Gasteiger partial charge in [0.2, 0.25) is 0 Å². The van der Waals surface area contributed by atoms with Crippen LogP contribution in [0.1, 0.15) is 48.2 Å². The fourth-order valence-electron chi connectivity index (χ4n) is 2.90. The number of carbonyl (C=O) groups excluding carboxylic acids is 1. The molecule has 0 radical (unpaired) electrons. The third-order valence-corrected chi connectivity index (χ3v) is 4.16. The molecule has 0 saturated carbocycles. The molecular formula is C15H26N4O2. The van der Waals surface area contributed by atoms with Gasteiger partial charge in [-0.05, 0) is 25.8 Å². The highest BCUT2D eigenvalue weighted by atomic mass is 16.3. The summed E-state index contributed by atoms with van der Waals surface area (Å²) >= 11 is 0. The smallest absolute Gasteiger partial charge is 0.256 e. The van der Waals surface area contributed by atoms with Gasteiger partial charge in [-0.15, -0.1) is 0 Å². The minimum atomic E-state index is -0.270. The van der Waals surface area contributed by atoms with Crippen molar-refractivity contribution >= 4 is 5.91 Å². The lowest BCUT2D eigenvalue weighted by atomic mass is 9.92. The predicted octanol–water partition coefficient (Wildman–Crippen LogP) is 1.06. The number of carbonyl (C=O) groups is 1. The molecule has 0 aromatic carbocycles. The van der Waals surface area contributed by atoms with Crippen molar-refractivity contribution in [3.05, 3.63) is 17.5 Å². The van der Waals surface area contributed by atoms with Crippen LogP contribution in [0.25, 0.3) is 0 Å². The van der Waals surface area contributed by atoms with Crippen molar-refractivity contribution in [2.24, 2.45) is 0 Å². The number of H-pyrrole nitrogens is 1. The van der Waals surface area contributed by atoms with E-state index in [-0.39, 0.29) is 17.9 Å². The fraction of sp³-hybridized carbons (Fsp3) is 0.733. The minimum absolute atomic E-state index is 0.00975. The number of nitrogens with zero attached hydrogens (tertiary/aromatic N) is 3. The summed E-state index contributed by atoms with van der Waals surface area (Å²) in [6.45, 7) is 4.58. The van der Waals surface area contributed by atoms with E-state index in [1.807, 2.05) is 6.92 Å². The molecule has 2 atom stereocenters. The molecule has 1 aromatic heterocycles. The zero-order valence-corrected chi connectivity index (χ0v) is 13.2. The number of aliphatic hydroxyl groups is 1. The van der Waals surface area contributed by atoms with Gasteiger partial charge in [-0.25, -0.2) is 0 Å². The van der Waals surface area contributed by atoms with Crippen LogP contribution in [-0.2, 0) is 0 Å². The standard InChI is InChI=1S/C15H26N4O2/c1-4-12(20)10-19-7-5-6-11(9-19)14-13(8-16-17-14)15(21)18(2)3/h8,11-12,20H,4-7,9-10H2,1-3H3,(H,16,17)/t11-,12-/m0/s1. The maximum absolute atomic E-state index is 12.2. The molecule has 2 N–H and O–H groups in total. The molecular weight excluding hydrogens is 268 g/mol. The molecule has 2 rings (SSSR count). The third kappa shape index (κ3) is 3.83. The molecule has 1 aliphatic rings. The molecule has 0 aliphatic carbocycles. The highest BCUT2D eigenvalue weighted by molar-refractivity contribution is 5.94. The number of piperidine rings is 1. The van der Waals surface area contributed by atoms with Gasteiger partial charge < -0.3 is 14.9 Å². The van der Waals surface area contributed by atoms with Crippen LogP contribution in [0, 0.1) is 0 Å². The highest BCUT2D eigenvalue weighted by Crippen LogP contribution is 2.28. The number of amides is 1. The van der Waals surface area contributed by atoms with E-state index in [9.17, 15) is 9.90 Å². The molecule has 1 aromatic rings. The number of hydrogen-bond donors (Lipinski definition) is 2. The van der Waals surface area contributed by atoms with Crippen molar-refractivity contribution in [1.82, 2.24) is 20.0 Å². The lowest BCUT2D eigenvalue weighted by molar-refractivity contribution is 0.0817. The molecule has 2 heterocycles. The molecule has 0 bridgehead atoms. The highest BCUT2D eigenvalue weighted by Gasteiger charge is 2.27. The van der Waals surface area contributed by atoms with Crippen molar-refractivity contribution in [2.45, 2.75) is 38.2 Å². The van der Waals surface area contributed by atoms with Crippen LogP contribution in [0.3, 0.4) is 0 Å². The molecule has 1 amide bonds. The van der Waals surface area contributed by atoms with Crippen molar-refractivity contribution in [3.63, 3.8) is 0 Å². The largest absolute Gasteiger partial charge is 0.392 e. The van der Waals surface area contributed by atoms with Crippen LogP contribution in [0.4, 0.5) is 0 Å². The summed E-state index contributed by atoms with van der Waals surface area (Å²) in [4.78, 5) is 16.1. The molecule has 21 heavy (non-hydrogen) atoms. The van der Waals surface area contributed by atoms with E-state index in [2.05, 4.69) is 15.1 Å². The Bertz CT molecular complexity index is 472. The zero-order chi connectivity index (χ0) is 15.4. The second-order valence-corrected chi connectivity index (χ2v) is 6.06. The lowest BCUT2D eigenvalue weighted by Gasteiger charge is -2.33. The second-order valence-electron chi connectivity index (χ2n) is 6.06. The Morgan fingerprint density at radius 2 is 2.38 bits per heavy atom. The van der Waals surface area contributed by atoms with Crippen molar-refractivity contribution in [3.8, 4) is 0 Å². The van der Waals surface area contributed by atoms with E-state index < -0.39 is 0 Å². The average molecular weight is 294 g/mol. The SMILES string of the molecule is CC[C@H](O)CN1CCC[C@H](c2[nH]ncc2C(=O)N(C)C)C1. The van der Waals surface area contributed by atoms with Gasteiger partial charge in [0.15, 0.2) is 0 Å². The zero-order valence-electron chi connectivity index (χ0n) is 13.2. The van der Waals surface area contributed by atoms with Crippen molar-refractivity contribution < 1.29 is 9.90 Å². The molecule has 1 fully saturated rings. The van der Waals surface area contributed by atoms with Gasteiger partial charge in [0, 0.05) is 33.1 Å². The van der Waals surface area contributed by atoms with Gasteiger partial charge in [0.05, 0.1) is 23.6 Å². The Labute approximate surface area is 126 Å². The van der Waals surface area contributed by atoms with E-state index in [1.54, 1.807) is 25.2 Å². The van der Waals surface area contributed by atoms with Gasteiger partial charge in [-0.2, -0.15) is 5.10 Å².